The van der Waals surface area contributed by atoms with Gasteiger partial charge in [-0.2, -0.15) is 0 Å². The molecule has 1 aliphatic rings. The van der Waals surface area contributed by atoms with Crippen molar-refractivity contribution in [1.82, 2.24) is 5.32 Å². The van der Waals surface area contributed by atoms with Gasteiger partial charge in [-0.3, -0.25) is 0 Å². The molecule has 0 fully saturated rings. The van der Waals surface area contributed by atoms with Gasteiger partial charge in [-0.05, 0) is 50.4 Å². The van der Waals surface area contributed by atoms with Gasteiger partial charge < -0.3 is 9.73 Å². The summed E-state index contributed by atoms with van der Waals surface area (Å²) in [6.45, 7) is 0. The number of aliphatic imine (C=N–C) groups is 2. The highest BCUT2D eigenvalue weighted by Crippen LogP contribution is 2.43. The standard InChI is InChI=1S/C47H31N3O/c1-3-13-30(14-4-1)31-25-27-33(28-26-31)46-48-45(32-15-5-2-6-16-32)49-47(50-46)40-23-12-24-42-43(40)39-22-11-21-38(44(39)51-42)41-29-34-17-7-8-18-35(34)36-19-9-10-20-37(36)41/h1-29,47H,(H,48,49,50). The fourth-order valence-electron chi connectivity index (χ4n) is 7.51. The molecule has 1 aliphatic heterocycles. The quantitative estimate of drug-likeness (QED) is 0.188. The Bertz CT molecular complexity index is 2820. The molecule has 51 heavy (non-hydrogen) atoms. The van der Waals surface area contributed by atoms with E-state index >= 15 is 0 Å². The zero-order valence-corrected chi connectivity index (χ0v) is 27.6. The molecule has 1 unspecified atom stereocenters. The maximum Gasteiger partial charge on any atom is 0.170 e. The molecule has 0 radical (unpaired) electrons. The van der Waals surface area contributed by atoms with Gasteiger partial charge in [0.05, 0.1) is 0 Å². The van der Waals surface area contributed by atoms with Crippen LogP contribution in [-0.4, -0.2) is 11.7 Å². The molecular weight excluding hydrogens is 623 g/mol. The zero-order chi connectivity index (χ0) is 33.7. The van der Waals surface area contributed by atoms with Crippen LogP contribution >= 0.6 is 0 Å². The summed E-state index contributed by atoms with van der Waals surface area (Å²) in [7, 11) is 0. The van der Waals surface area contributed by atoms with E-state index in [4.69, 9.17) is 14.4 Å². The van der Waals surface area contributed by atoms with Gasteiger partial charge in [0, 0.05) is 33.0 Å². The highest BCUT2D eigenvalue weighted by atomic mass is 16.3. The SMILES string of the molecule is c1ccc(C2=NC(c3cccc4oc5c(-c6cc7ccccc7c7ccccc67)cccc5c34)N=C(c3ccc(-c4ccccc4)cc3)N2)cc1. The van der Waals surface area contributed by atoms with Crippen LogP contribution in [0.5, 0.6) is 0 Å². The van der Waals surface area contributed by atoms with Gasteiger partial charge in [-0.15, -0.1) is 0 Å². The molecule has 8 aromatic carbocycles. The van der Waals surface area contributed by atoms with E-state index in [-0.39, 0.29) is 0 Å². The lowest BCUT2D eigenvalue weighted by Gasteiger charge is -2.23. The van der Waals surface area contributed by atoms with Crippen molar-refractivity contribution >= 4 is 55.2 Å². The zero-order valence-electron chi connectivity index (χ0n) is 27.6. The monoisotopic (exact) mass is 653 g/mol. The number of hydrogen-bond donors (Lipinski definition) is 1. The molecule has 0 amide bonds. The van der Waals surface area contributed by atoms with Crippen LogP contribution in [-0.2, 0) is 0 Å². The number of furan rings is 1. The molecule has 1 atom stereocenters. The van der Waals surface area contributed by atoms with Crippen molar-refractivity contribution in [2.75, 3.05) is 0 Å². The van der Waals surface area contributed by atoms with E-state index in [1.54, 1.807) is 0 Å². The molecule has 240 valence electrons. The summed E-state index contributed by atoms with van der Waals surface area (Å²) in [6, 6.07) is 61.5. The van der Waals surface area contributed by atoms with E-state index in [1.807, 2.05) is 24.3 Å². The molecule has 0 bridgehead atoms. The number of amidine groups is 2. The molecule has 2 heterocycles. The van der Waals surface area contributed by atoms with E-state index < -0.39 is 6.17 Å². The van der Waals surface area contributed by atoms with Gasteiger partial charge in [0.1, 0.15) is 22.8 Å². The molecule has 0 saturated carbocycles. The van der Waals surface area contributed by atoms with E-state index in [1.165, 1.54) is 27.1 Å². The molecule has 4 nitrogen and oxygen atoms in total. The Morgan fingerprint density at radius 3 is 1.76 bits per heavy atom. The third kappa shape index (κ3) is 5.00. The van der Waals surface area contributed by atoms with Gasteiger partial charge >= 0.3 is 0 Å². The van der Waals surface area contributed by atoms with Crippen LogP contribution in [0, 0.1) is 0 Å². The number of para-hydroxylation sites is 1. The number of rotatable bonds is 5. The first-order valence-corrected chi connectivity index (χ1v) is 17.3. The first-order chi connectivity index (χ1) is 25.3. The normalized spacial score (nSPS) is 14.5. The summed E-state index contributed by atoms with van der Waals surface area (Å²) in [5.74, 6) is 1.56. The molecule has 10 rings (SSSR count). The maximum atomic E-state index is 6.80. The molecular formula is C47H31N3O. The lowest BCUT2D eigenvalue weighted by molar-refractivity contribution is 0.668. The molecule has 0 aliphatic carbocycles. The first kappa shape index (κ1) is 29.2. The number of benzene rings is 8. The van der Waals surface area contributed by atoms with Crippen molar-refractivity contribution < 1.29 is 4.42 Å². The second-order valence-corrected chi connectivity index (χ2v) is 13.0. The van der Waals surface area contributed by atoms with Gasteiger partial charge in [0.2, 0.25) is 0 Å². The lowest BCUT2D eigenvalue weighted by atomic mass is 9.92. The van der Waals surface area contributed by atoms with Crippen LogP contribution in [0.25, 0.3) is 65.7 Å². The minimum Gasteiger partial charge on any atom is -0.455 e. The van der Waals surface area contributed by atoms with Gasteiger partial charge in [-0.25, -0.2) is 9.98 Å². The number of hydrogen-bond acceptors (Lipinski definition) is 4. The molecule has 4 heteroatoms. The first-order valence-electron chi connectivity index (χ1n) is 17.3. The van der Waals surface area contributed by atoms with Crippen LogP contribution in [0.3, 0.4) is 0 Å². The molecule has 0 spiro atoms. The third-order valence-corrected chi connectivity index (χ3v) is 9.94. The van der Waals surface area contributed by atoms with Crippen molar-refractivity contribution in [1.29, 1.82) is 0 Å². The third-order valence-electron chi connectivity index (χ3n) is 9.94. The summed E-state index contributed by atoms with van der Waals surface area (Å²) in [6.07, 6.45) is -0.486. The van der Waals surface area contributed by atoms with Gasteiger partial charge in [0.25, 0.3) is 0 Å². The van der Waals surface area contributed by atoms with Crippen molar-refractivity contribution in [3.63, 3.8) is 0 Å². The average molecular weight is 654 g/mol. The highest BCUT2D eigenvalue weighted by molar-refractivity contribution is 6.19. The second-order valence-electron chi connectivity index (χ2n) is 13.0. The van der Waals surface area contributed by atoms with Crippen molar-refractivity contribution in [3.05, 3.63) is 193 Å². The topological polar surface area (TPSA) is 49.9 Å². The van der Waals surface area contributed by atoms with Gasteiger partial charge in [0.15, 0.2) is 6.17 Å². The molecule has 1 aromatic heterocycles. The van der Waals surface area contributed by atoms with E-state index in [2.05, 4.69) is 157 Å². The van der Waals surface area contributed by atoms with Crippen LogP contribution in [0.2, 0.25) is 0 Å². The predicted molar refractivity (Wildman–Crippen MR) is 211 cm³/mol. The minimum absolute atomic E-state index is 0.486. The fourth-order valence-corrected chi connectivity index (χ4v) is 7.51. The van der Waals surface area contributed by atoms with Crippen molar-refractivity contribution in [2.45, 2.75) is 6.17 Å². The largest absolute Gasteiger partial charge is 0.455 e. The number of nitrogens with zero attached hydrogens (tertiary/aromatic N) is 2. The van der Waals surface area contributed by atoms with E-state index in [0.29, 0.717) is 0 Å². The minimum atomic E-state index is -0.486. The predicted octanol–water partition coefficient (Wildman–Crippen LogP) is 11.7. The number of fused-ring (bicyclic) bond motifs is 6. The molecule has 9 aromatic rings. The van der Waals surface area contributed by atoms with Gasteiger partial charge in [-0.1, -0.05) is 164 Å². The Labute approximate surface area is 295 Å². The smallest absolute Gasteiger partial charge is 0.170 e. The summed E-state index contributed by atoms with van der Waals surface area (Å²) in [4.78, 5) is 10.5. The summed E-state index contributed by atoms with van der Waals surface area (Å²) >= 11 is 0. The Hall–Kier alpha value is -6.78. The second kappa shape index (κ2) is 12.0. The number of nitrogens with one attached hydrogen (secondary N) is 1. The van der Waals surface area contributed by atoms with E-state index in [9.17, 15) is 0 Å². The van der Waals surface area contributed by atoms with Crippen LogP contribution in [0.15, 0.2) is 190 Å². The molecule has 1 N–H and O–H groups in total. The van der Waals surface area contributed by atoms with E-state index in [0.717, 1.165) is 67.0 Å². The van der Waals surface area contributed by atoms with Crippen LogP contribution in [0.4, 0.5) is 0 Å². The highest BCUT2D eigenvalue weighted by Gasteiger charge is 2.25. The summed E-state index contributed by atoms with van der Waals surface area (Å²) < 4.78 is 6.80. The van der Waals surface area contributed by atoms with Crippen LogP contribution < -0.4 is 5.32 Å². The lowest BCUT2D eigenvalue weighted by Crippen LogP contribution is -2.36. The summed E-state index contributed by atoms with van der Waals surface area (Å²) in [5, 5.41) is 10.5. The van der Waals surface area contributed by atoms with Crippen molar-refractivity contribution in [2.24, 2.45) is 9.98 Å². The molecule has 0 saturated heterocycles. The Morgan fingerprint density at radius 1 is 0.431 bits per heavy atom. The maximum absolute atomic E-state index is 6.80. The Kier molecular flexibility index (Phi) is 6.85. The van der Waals surface area contributed by atoms with Crippen LogP contribution in [0.1, 0.15) is 22.9 Å². The average Bonchev–Trinajstić information content (AvgIpc) is 3.60. The Balaban J connectivity index is 1.15. The van der Waals surface area contributed by atoms with Crippen molar-refractivity contribution in [3.8, 4) is 22.3 Å². The summed E-state index contributed by atoms with van der Waals surface area (Å²) in [5.41, 5.74) is 9.25. The fraction of sp³-hybridized carbons (Fsp3) is 0.0213. The Morgan fingerprint density at radius 2 is 1.00 bits per heavy atom.